The maximum absolute atomic E-state index is 2.75. The van der Waals surface area contributed by atoms with Gasteiger partial charge < -0.3 is 0 Å². The fourth-order valence-corrected chi connectivity index (χ4v) is 9.13. The summed E-state index contributed by atoms with van der Waals surface area (Å²) in [6.07, 6.45) is 8.98. The zero-order valence-electron chi connectivity index (χ0n) is 9.65. The van der Waals surface area contributed by atoms with Gasteiger partial charge in [-0.25, -0.2) is 0 Å². The van der Waals surface area contributed by atoms with Crippen molar-refractivity contribution in [3.8, 4) is 0 Å². The lowest BCUT2D eigenvalue weighted by atomic mass is 9.31. The van der Waals surface area contributed by atoms with Crippen LogP contribution in [0.25, 0.3) is 0 Å². The van der Waals surface area contributed by atoms with Crippen LogP contribution in [0.4, 0.5) is 0 Å². The first-order valence-corrected chi connectivity index (χ1v) is 8.71. The smallest absolute Gasteiger partial charge is 0.0182 e. The molecule has 3 aliphatic rings. The molecule has 15 heavy (non-hydrogen) atoms. The van der Waals surface area contributed by atoms with Gasteiger partial charge in [-0.2, -0.15) is 0 Å². The Balaban J connectivity index is 1.93. The lowest BCUT2D eigenvalue weighted by Crippen LogP contribution is -2.71. The van der Waals surface area contributed by atoms with E-state index in [-0.39, 0.29) is 0 Å². The molecule has 3 fully saturated rings. The summed E-state index contributed by atoms with van der Waals surface area (Å²) in [5.41, 5.74) is 2.14. The summed E-state index contributed by atoms with van der Waals surface area (Å²) in [7, 11) is 0. The van der Waals surface area contributed by atoms with Crippen LogP contribution in [0.5, 0.6) is 0 Å². The summed E-state index contributed by atoms with van der Waals surface area (Å²) >= 11 is 5.43. The summed E-state index contributed by atoms with van der Waals surface area (Å²) in [5.74, 6) is 0. The second-order valence-corrected chi connectivity index (χ2v) is 9.87. The van der Waals surface area contributed by atoms with Gasteiger partial charge in [0.05, 0.1) is 0 Å². The average Bonchev–Trinajstić information content (AvgIpc) is 2.46. The number of alkyl halides is 2. The number of fused-ring (bicyclic) bond motifs is 1. The molecule has 0 amide bonds. The summed E-state index contributed by atoms with van der Waals surface area (Å²) < 4.78 is 1.93. The van der Waals surface area contributed by atoms with Crippen LogP contribution in [0, 0.1) is 16.2 Å². The Morgan fingerprint density at radius 3 is 1.93 bits per heavy atom. The zero-order valence-corrected chi connectivity index (χ0v) is 14.0. The first-order valence-electron chi connectivity index (χ1n) is 6.22. The standard InChI is InChI=1S/C13H20I2/c1-11(4-3-9(14)7-11)13-6-5-12(13,2)8-10(13)15/h9-10H,3-8H2,1-2H3. The largest absolute Gasteiger partial charge is 0.0826 e. The van der Waals surface area contributed by atoms with Gasteiger partial charge in [-0.15, -0.1) is 0 Å². The summed E-state index contributed by atoms with van der Waals surface area (Å²) in [6, 6.07) is 0. The molecule has 0 aromatic carbocycles. The van der Waals surface area contributed by atoms with Crippen molar-refractivity contribution in [3.05, 3.63) is 0 Å². The van der Waals surface area contributed by atoms with Gasteiger partial charge in [0, 0.05) is 7.85 Å². The Morgan fingerprint density at radius 2 is 1.60 bits per heavy atom. The first-order chi connectivity index (χ1) is 6.94. The first kappa shape index (κ1) is 11.5. The molecule has 0 bridgehead atoms. The molecule has 3 aliphatic carbocycles. The fraction of sp³-hybridized carbons (Fsp3) is 1.00. The molecule has 0 heterocycles. The van der Waals surface area contributed by atoms with Crippen LogP contribution in [-0.2, 0) is 0 Å². The third kappa shape index (κ3) is 1.19. The predicted molar refractivity (Wildman–Crippen MR) is 82.0 cm³/mol. The van der Waals surface area contributed by atoms with Gasteiger partial charge in [-0.05, 0) is 54.8 Å². The van der Waals surface area contributed by atoms with Crippen LogP contribution >= 0.6 is 45.2 Å². The summed E-state index contributed by atoms with van der Waals surface area (Å²) in [4.78, 5) is 0. The maximum atomic E-state index is 2.75. The van der Waals surface area contributed by atoms with Crippen LogP contribution < -0.4 is 0 Å². The van der Waals surface area contributed by atoms with Crippen molar-refractivity contribution < 1.29 is 0 Å². The molecule has 5 unspecified atom stereocenters. The highest BCUT2D eigenvalue weighted by Gasteiger charge is 2.74. The van der Waals surface area contributed by atoms with Crippen LogP contribution in [0.2, 0.25) is 0 Å². The second-order valence-electron chi connectivity index (χ2n) is 6.60. The average molecular weight is 430 g/mol. The van der Waals surface area contributed by atoms with Crippen molar-refractivity contribution in [3.63, 3.8) is 0 Å². The van der Waals surface area contributed by atoms with Crippen LogP contribution in [-0.4, -0.2) is 7.85 Å². The Bertz CT molecular complexity index is 303. The van der Waals surface area contributed by atoms with Crippen LogP contribution in [0.15, 0.2) is 0 Å². The monoisotopic (exact) mass is 430 g/mol. The van der Waals surface area contributed by atoms with Crippen molar-refractivity contribution in [2.24, 2.45) is 16.2 Å². The molecule has 5 atom stereocenters. The predicted octanol–water partition coefficient (Wildman–Crippen LogP) is 4.97. The van der Waals surface area contributed by atoms with Crippen molar-refractivity contribution in [2.75, 3.05) is 0 Å². The van der Waals surface area contributed by atoms with E-state index in [4.69, 9.17) is 0 Å². The quantitative estimate of drug-likeness (QED) is 0.407. The highest BCUT2D eigenvalue weighted by Crippen LogP contribution is 2.80. The molecule has 0 aromatic rings. The molecule has 0 N–H and O–H groups in total. The number of halogens is 2. The molecule has 86 valence electrons. The molecule has 0 radical (unpaired) electrons. The highest BCUT2D eigenvalue weighted by molar-refractivity contribution is 14.1. The van der Waals surface area contributed by atoms with Crippen molar-refractivity contribution in [2.45, 2.75) is 60.2 Å². The molecule has 2 heteroatoms. The van der Waals surface area contributed by atoms with E-state index in [0.29, 0.717) is 5.41 Å². The van der Waals surface area contributed by atoms with Gasteiger partial charge in [0.15, 0.2) is 0 Å². The minimum absolute atomic E-state index is 0.677. The Labute approximate surface area is 121 Å². The molecule has 0 aliphatic heterocycles. The molecule has 0 saturated heterocycles. The lowest BCUT2D eigenvalue weighted by Gasteiger charge is -2.76. The van der Waals surface area contributed by atoms with Gasteiger partial charge in [0.1, 0.15) is 0 Å². The minimum atomic E-state index is 0.677. The lowest BCUT2D eigenvalue weighted by molar-refractivity contribution is -0.225. The molecular weight excluding hydrogens is 410 g/mol. The molecule has 0 aromatic heterocycles. The molecule has 0 spiro atoms. The van der Waals surface area contributed by atoms with E-state index in [1.165, 1.54) is 38.5 Å². The normalized spacial score (nSPS) is 63.2. The molecule has 0 nitrogen and oxygen atoms in total. The van der Waals surface area contributed by atoms with E-state index in [0.717, 1.165) is 18.7 Å². The summed E-state index contributed by atoms with van der Waals surface area (Å²) in [6.45, 7) is 5.17. The van der Waals surface area contributed by atoms with E-state index >= 15 is 0 Å². The van der Waals surface area contributed by atoms with Crippen LogP contribution in [0.1, 0.15) is 52.4 Å². The van der Waals surface area contributed by atoms with E-state index in [9.17, 15) is 0 Å². The van der Waals surface area contributed by atoms with Gasteiger partial charge in [-0.1, -0.05) is 59.0 Å². The third-order valence-electron chi connectivity index (χ3n) is 6.07. The Morgan fingerprint density at radius 1 is 0.933 bits per heavy atom. The van der Waals surface area contributed by atoms with Gasteiger partial charge in [0.2, 0.25) is 0 Å². The van der Waals surface area contributed by atoms with E-state index in [2.05, 4.69) is 59.0 Å². The summed E-state index contributed by atoms with van der Waals surface area (Å²) in [5, 5.41) is 0. The van der Waals surface area contributed by atoms with Crippen molar-refractivity contribution >= 4 is 45.2 Å². The Hall–Kier alpha value is 1.46. The maximum Gasteiger partial charge on any atom is 0.0182 e. The fourth-order valence-electron chi connectivity index (χ4n) is 5.06. The Kier molecular flexibility index (Phi) is 2.51. The van der Waals surface area contributed by atoms with E-state index < -0.39 is 0 Å². The molecular formula is C13H20I2. The van der Waals surface area contributed by atoms with Gasteiger partial charge >= 0.3 is 0 Å². The van der Waals surface area contributed by atoms with Crippen molar-refractivity contribution in [1.82, 2.24) is 0 Å². The SMILES string of the molecule is CC1(C23CCC2(C)CC3I)CCC(I)C1. The molecule has 3 rings (SSSR count). The highest BCUT2D eigenvalue weighted by atomic mass is 127. The number of rotatable bonds is 1. The third-order valence-corrected chi connectivity index (χ3v) is 8.64. The second kappa shape index (κ2) is 3.27. The topological polar surface area (TPSA) is 0 Å². The van der Waals surface area contributed by atoms with Gasteiger partial charge in [0.25, 0.3) is 0 Å². The van der Waals surface area contributed by atoms with Gasteiger partial charge in [-0.3, -0.25) is 0 Å². The van der Waals surface area contributed by atoms with Crippen LogP contribution in [0.3, 0.4) is 0 Å². The van der Waals surface area contributed by atoms with E-state index in [1.807, 2.05) is 0 Å². The van der Waals surface area contributed by atoms with E-state index in [1.54, 1.807) is 0 Å². The number of hydrogen-bond acceptors (Lipinski definition) is 0. The van der Waals surface area contributed by atoms with Crippen molar-refractivity contribution in [1.29, 1.82) is 0 Å². The number of hydrogen-bond donors (Lipinski definition) is 0. The minimum Gasteiger partial charge on any atom is -0.0826 e. The zero-order chi connectivity index (χ0) is 10.9. The molecule has 3 saturated carbocycles.